The number of H-pyrrole nitrogens is 1. The van der Waals surface area contributed by atoms with Crippen molar-refractivity contribution < 1.29 is 5.11 Å². The van der Waals surface area contributed by atoms with Crippen LogP contribution in [0, 0.1) is 5.92 Å². The van der Waals surface area contributed by atoms with Crippen molar-refractivity contribution in [2.45, 2.75) is 13.3 Å². The number of benzene rings is 1. The van der Waals surface area contributed by atoms with E-state index in [1.54, 1.807) is 0 Å². The number of nitrogens with one attached hydrogen (secondary N) is 1. The summed E-state index contributed by atoms with van der Waals surface area (Å²) in [5.74, 6) is 0.328. The van der Waals surface area contributed by atoms with Crippen LogP contribution in [0.5, 0.6) is 0 Å². The van der Waals surface area contributed by atoms with Crippen LogP contribution < -0.4 is 0 Å². The molecule has 0 unspecified atom stereocenters. The zero-order valence-electron chi connectivity index (χ0n) is 8.33. The van der Waals surface area contributed by atoms with Gasteiger partial charge in [0.25, 0.3) is 0 Å². The van der Waals surface area contributed by atoms with Crippen LogP contribution in [0.1, 0.15) is 12.5 Å². The first-order valence-corrected chi connectivity index (χ1v) is 4.97. The molecule has 0 saturated carbocycles. The third-order valence-corrected chi connectivity index (χ3v) is 2.55. The van der Waals surface area contributed by atoms with Crippen LogP contribution in [0.2, 0.25) is 0 Å². The molecule has 2 nitrogen and oxygen atoms in total. The molecule has 2 heteroatoms. The summed E-state index contributed by atoms with van der Waals surface area (Å²) in [5.41, 5.74) is 2.47. The fourth-order valence-corrected chi connectivity index (χ4v) is 1.74. The van der Waals surface area contributed by atoms with Crippen molar-refractivity contribution >= 4 is 10.9 Å². The number of aliphatic hydroxyl groups excluding tert-OH is 1. The summed E-state index contributed by atoms with van der Waals surface area (Å²) >= 11 is 0. The van der Waals surface area contributed by atoms with Gasteiger partial charge in [-0.05, 0) is 24.0 Å². The Morgan fingerprint density at radius 3 is 2.93 bits per heavy atom. The van der Waals surface area contributed by atoms with Crippen LogP contribution in [-0.4, -0.2) is 16.7 Å². The molecule has 0 amide bonds. The van der Waals surface area contributed by atoms with Crippen molar-refractivity contribution in [2.75, 3.05) is 6.61 Å². The molecule has 0 fully saturated rings. The summed E-state index contributed by atoms with van der Waals surface area (Å²) in [7, 11) is 0. The highest BCUT2D eigenvalue weighted by Gasteiger charge is 2.06. The molecule has 14 heavy (non-hydrogen) atoms. The second-order valence-corrected chi connectivity index (χ2v) is 3.85. The quantitative estimate of drug-likeness (QED) is 0.763. The molecule has 0 aliphatic rings. The van der Waals surface area contributed by atoms with E-state index in [0.29, 0.717) is 5.92 Å². The van der Waals surface area contributed by atoms with Crippen LogP contribution >= 0.6 is 0 Å². The summed E-state index contributed by atoms with van der Waals surface area (Å²) in [6.07, 6.45) is 2.97. The lowest BCUT2D eigenvalue weighted by molar-refractivity contribution is 0.237. The van der Waals surface area contributed by atoms with E-state index in [-0.39, 0.29) is 6.61 Å². The summed E-state index contributed by atoms with van der Waals surface area (Å²) in [5, 5.41) is 10.3. The van der Waals surface area contributed by atoms with E-state index in [9.17, 15) is 0 Å². The lowest BCUT2D eigenvalue weighted by Crippen LogP contribution is -2.03. The number of rotatable bonds is 3. The Morgan fingerprint density at radius 2 is 2.14 bits per heavy atom. The molecule has 0 bridgehead atoms. The molecule has 1 heterocycles. The number of aromatic amines is 1. The minimum Gasteiger partial charge on any atom is -0.396 e. The fraction of sp³-hybridized carbons (Fsp3) is 0.333. The van der Waals surface area contributed by atoms with Gasteiger partial charge in [0, 0.05) is 23.7 Å². The van der Waals surface area contributed by atoms with Crippen molar-refractivity contribution in [2.24, 2.45) is 5.92 Å². The van der Waals surface area contributed by atoms with Crippen LogP contribution in [0.25, 0.3) is 10.9 Å². The van der Waals surface area contributed by atoms with E-state index in [4.69, 9.17) is 5.11 Å². The molecule has 1 aromatic heterocycles. The highest BCUT2D eigenvalue weighted by molar-refractivity contribution is 5.83. The average molecular weight is 189 g/mol. The second kappa shape index (κ2) is 3.84. The van der Waals surface area contributed by atoms with Gasteiger partial charge in [-0.2, -0.15) is 0 Å². The third kappa shape index (κ3) is 1.66. The normalized spacial score (nSPS) is 13.3. The first-order valence-electron chi connectivity index (χ1n) is 4.97. The zero-order chi connectivity index (χ0) is 9.97. The highest BCUT2D eigenvalue weighted by atomic mass is 16.3. The first kappa shape index (κ1) is 9.28. The third-order valence-electron chi connectivity index (χ3n) is 2.55. The van der Waals surface area contributed by atoms with Gasteiger partial charge in [0.05, 0.1) is 0 Å². The zero-order valence-corrected chi connectivity index (χ0v) is 8.33. The maximum atomic E-state index is 9.00. The Balaban J connectivity index is 2.33. The monoisotopic (exact) mass is 189 g/mol. The van der Waals surface area contributed by atoms with E-state index in [0.717, 1.165) is 6.42 Å². The Kier molecular flexibility index (Phi) is 2.55. The first-order chi connectivity index (χ1) is 6.81. The molecule has 74 valence electrons. The molecular weight excluding hydrogens is 174 g/mol. The van der Waals surface area contributed by atoms with Crippen LogP contribution in [0.15, 0.2) is 30.5 Å². The SMILES string of the molecule is C[C@@H](CO)Cc1c[nH]c2ccccc12. The van der Waals surface area contributed by atoms with E-state index >= 15 is 0 Å². The van der Waals surface area contributed by atoms with E-state index in [2.05, 4.69) is 24.0 Å². The summed E-state index contributed by atoms with van der Waals surface area (Å²) < 4.78 is 0. The largest absolute Gasteiger partial charge is 0.396 e. The van der Waals surface area contributed by atoms with Crippen LogP contribution in [0.3, 0.4) is 0 Å². The molecule has 0 radical (unpaired) electrons. The number of hydrogen-bond acceptors (Lipinski definition) is 1. The topological polar surface area (TPSA) is 36.0 Å². The molecule has 0 aliphatic carbocycles. The molecule has 2 aromatic rings. The lowest BCUT2D eigenvalue weighted by Gasteiger charge is -2.05. The average Bonchev–Trinajstić information content (AvgIpc) is 2.62. The molecule has 2 rings (SSSR count). The van der Waals surface area contributed by atoms with Crippen molar-refractivity contribution in [1.82, 2.24) is 4.98 Å². The van der Waals surface area contributed by atoms with Gasteiger partial charge in [-0.3, -0.25) is 0 Å². The van der Waals surface area contributed by atoms with Crippen molar-refractivity contribution in [1.29, 1.82) is 0 Å². The molecular formula is C12H15NO. The van der Waals surface area contributed by atoms with Crippen molar-refractivity contribution in [3.05, 3.63) is 36.0 Å². The van der Waals surface area contributed by atoms with Gasteiger partial charge in [-0.15, -0.1) is 0 Å². The lowest BCUT2D eigenvalue weighted by atomic mass is 10.0. The Labute approximate surface area is 83.6 Å². The number of fused-ring (bicyclic) bond motifs is 1. The Morgan fingerprint density at radius 1 is 1.36 bits per heavy atom. The molecule has 1 aromatic carbocycles. The van der Waals surface area contributed by atoms with Gasteiger partial charge < -0.3 is 10.1 Å². The molecule has 0 saturated heterocycles. The van der Waals surface area contributed by atoms with Gasteiger partial charge in [0.2, 0.25) is 0 Å². The minimum absolute atomic E-state index is 0.250. The van der Waals surface area contributed by atoms with Gasteiger partial charge in [0.1, 0.15) is 0 Å². The molecule has 0 spiro atoms. The van der Waals surface area contributed by atoms with Crippen LogP contribution in [0.4, 0.5) is 0 Å². The standard InChI is InChI=1S/C12H15NO/c1-9(8-14)6-10-7-13-12-5-3-2-4-11(10)12/h2-5,7,9,13-14H,6,8H2,1H3/t9-/m1/s1. The number of hydrogen-bond donors (Lipinski definition) is 2. The van der Waals surface area contributed by atoms with Gasteiger partial charge >= 0.3 is 0 Å². The van der Waals surface area contributed by atoms with E-state index in [1.165, 1.54) is 16.5 Å². The van der Waals surface area contributed by atoms with Crippen molar-refractivity contribution in [3.63, 3.8) is 0 Å². The molecule has 1 atom stereocenters. The van der Waals surface area contributed by atoms with Gasteiger partial charge in [-0.25, -0.2) is 0 Å². The predicted octanol–water partition coefficient (Wildman–Crippen LogP) is 2.34. The maximum Gasteiger partial charge on any atom is 0.0459 e. The van der Waals surface area contributed by atoms with E-state index < -0.39 is 0 Å². The number of aliphatic hydroxyl groups is 1. The maximum absolute atomic E-state index is 9.00. The number of aromatic nitrogens is 1. The Hall–Kier alpha value is -1.28. The van der Waals surface area contributed by atoms with Crippen molar-refractivity contribution in [3.8, 4) is 0 Å². The van der Waals surface area contributed by atoms with Gasteiger partial charge in [-0.1, -0.05) is 25.1 Å². The minimum atomic E-state index is 0.250. The Bertz CT molecular complexity index is 419. The summed E-state index contributed by atoms with van der Waals surface area (Å²) in [6, 6.07) is 8.26. The second-order valence-electron chi connectivity index (χ2n) is 3.85. The summed E-state index contributed by atoms with van der Waals surface area (Å²) in [6.45, 7) is 2.31. The smallest absolute Gasteiger partial charge is 0.0459 e. The molecule has 0 aliphatic heterocycles. The summed E-state index contributed by atoms with van der Waals surface area (Å²) in [4.78, 5) is 3.24. The number of para-hydroxylation sites is 1. The van der Waals surface area contributed by atoms with E-state index in [1.807, 2.05) is 18.3 Å². The van der Waals surface area contributed by atoms with Crippen LogP contribution in [-0.2, 0) is 6.42 Å². The predicted molar refractivity (Wildman–Crippen MR) is 58.3 cm³/mol. The van der Waals surface area contributed by atoms with Gasteiger partial charge in [0.15, 0.2) is 0 Å². The highest BCUT2D eigenvalue weighted by Crippen LogP contribution is 2.20. The molecule has 2 N–H and O–H groups in total. The fourth-order valence-electron chi connectivity index (χ4n) is 1.74.